The highest BCUT2D eigenvalue weighted by molar-refractivity contribution is 7.85. The smallest absolute Gasteiger partial charge is 0.220 e. The first-order chi connectivity index (χ1) is 10.7. The molecule has 130 valence electrons. The second kappa shape index (κ2) is 10.5. The lowest BCUT2D eigenvalue weighted by Crippen LogP contribution is -2.26. The fraction of sp³-hybridized carbons (Fsp3) is 0.533. The van der Waals surface area contributed by atoms with Gasteiger partial charge in [0.1, 0.15) is 13.2 Å². The first-order valence-electron chi connectivity index (χ1n) is 7.45. The molecule has 1 amide bonds. The molecule has 1 aliphatic rings. The van der Waals surface area contributed by atoms with Crippen LogP contribution in [0.1, 0.15) is 19.3 Å². The number of carbonyl (C=O) groups excluding carboxylic acids is 1. The Morgan fingerprint density at radius 3 is 2.70 bits per heavy atom. The molecular weight excluding hydrogens is 340 g/mol. The zero-order chi connectivity index (χ0) is 15.8. The van der Waals surface area contributed by atoms with Gasteiger partial charge in [-0.05, 0) is 31.5 Å². The third-order valence-electron chi connectivity index (χ3n) is 3.24. The summed E-state index contributed by atoms with van der Waals surface area (Å²) < 4.78 is 23.1. The zero-order valence-corrected chi connectivity index (χ0v) is 14.5. The molecule has 0 saturated heterocycles. The quantitative estimate of drug-likeness (QED) is 0.679. The number of hydrogen-bond acceptors (Lipinski definition) is 5. The van der Waals surface area contributed by atoms with E-state index in [0.29, 0.717) is 48.5 Å². The van der Waals surface area contributed by atoms with Crippen molar-refractivity contribution in [2.75, 3.05) is 32.1 Å². The highest BCUT2D eigenvalue weighted by Crippen LogP contribution is 2.31. The van der Waals surface area contributed by atoms with E-state index in [1.165, 1.54) is 0 Å². The van der Waals surface area contributed by atoms with Gasteiger partial charge in [-0.25, -0.2) is 0 Å². The van der Waals surface area contributed by atoms with Crippen LogP contribution in [-0.2, 0) is 15.6 Å². The summed E-state index contributed by atoms with van der Waals surface area (Å²) in [7, 11) is -1.23. The fourth-order valence-corrected chi connectivity index (χ4v) is 3.12. The number of fused-ring (bicyclic) bond motifs is 1. The maximum atomic E-state index is 12.2. The topological polar surface area (TPSA) is 90.7 Å². The van der Waals surface area contributed by atoms with Crippen molar-refractivity contribution in [1.82, 2.24) is 5.32 Å². The lowest BCUT2D eigenvalue weighted by molar-refractivity contribution is -0.120. The van der Waals surface area contributed by atoms with Crippen molar-refractivity contribution in [3.63, 3.8) is 0 Å². The van der Waals surface area contributed by atoms with Crippen LogP contribution in [0.5, 0.6) is 11.5 Å². The van der Waals surface area contributed by atoms with E-state index in [9.17, 15) is 9.00 Å². The fourth-order valence-electron chi connectivity index (χ4n) is 2.05. The minimum absolute atomic E-state index is 0. The molecular formula is C15H23ClN2O4S. The molecule has 0 saturated carbocycles. The molecule has 8 heteroatoms. The first-order valence-corrected chi connectivity index (χ1v) is 8.77. The lowest BCUT2D eigenvalue weighted by atomic mass is 10.3. The first kappa shape index (κ1) is 19.7. The number of carbonyl (C=O) groups is 1. The number of ether oxygens (including phenoxy) is 2. The number of rotatable bonds is 8. The van der Waals surface area contributed by atoms with E-state index in [-0.39, 0.29) is 24.7 Å². The highest BCUT2D eigenvalue weighted by Gasteiger charge is 2.15. The summed E-state index contributed by atoms with van der Waals surface area (Å²) in [5.41, 5.74) is 5.38. The summed E-state index contributed by atoms with van der Waals surface area (Å²) in [4.78, 5) is 12.3. The molecule has 6 nitrogen and oxygen atoms in total. The number of benzene rings is 1. The Morgan fingerprint density at radius 1 is 1.22 bits per heavy atom. The van der Waals surface area contributed by atoms with E-state index in [2.05, 4.69) is 5.32 Å². The van der Waals surface area contributed by atoms with Gasteiger partial charge in [0.05, 0.1) is 10.8 Å². The summed E-state index contributed by atoms with van der Waals surface area (Å²) in [6, 6.07) is 5.24. The average molecular weight is 363 g/mol. The molecule has 0 fully saturated rings. The Balaban J connectivity index is 0.00000264. The lowest BCUT2D eigenvalue weighted by Gasteiger charge is -2.18. The van der Waals surface area contributed by atoms with Crippen molar-refractivity contribution < 1.29 is 18.5 Å². The molecule has 1 aromatic rings. The standard InChI is InChI=1S/C15H22N2O4S.ClH/c16-6-1-2-7-17-15(18)5-10-22(19)12-3-4-13-14(11-12)21-9-8-20-13;/h3-4,11H,1-2,5-10,16H2,(H,17,18);1H. The van der Waals surface area contributed by atoms with Crippen LogP contribution in [0.4, 0.5) is 0 Å². The van der Waals surface area contributed by atoms with Gasteiger partial charge in [-0.15, -0.1) is 12.4 Å². The third-order valence-corrected chi connectivity index (χ3v) is 4.60. The van der Waals surface area contributed by atoms with Crippen molar-refractivity contribution in [1.29, 1.82) is 0 Å². The predicted octanol–water partition coefficient (Wildman–Crippen LogP) is 1.23. The summed E-state index contributed by atoms with van der Waals surface area (Å²) in [5.74, 6) is 1.50. The largest absolute Gasteiger partial charge is 0.486 e. The second-order valence-electron chi connectivity index (χ2n) is 4.95. The Kier molecular flexibility index (Phi) is 8.98. The molecule has 2 rings (SSSR count). The maximum Gasteiger partial charge on any atom is 0.220 e. The number of amides is 1. The molecule has 1 unspecified atom stereocenters. The molecule has 1 aliphatic heterocycles. The van der Waals surface area contributed by atoms with Crippen LogP contribution < -0.4 is 20.5 Å². The summed E-state index contributed by atoms with van der Waals surface area (Å²) >= 11 is 0. The Labute approximate surface area is 145 Å². The minimum Gasteiger partial charge on any atom is -0.486 e. The van der Waals surface area contributed by atoms with Crippen LogP contribution in [0.25, 0.3) is 0 Å². The van der Waals surface area contributed by atoms with Gasteiger partial charge in [0.25, 0.3) is 0 Å². The maximum absolute atomic E-state index is 12.2. The van der Waals surface area contributed by atoms with Gasteiger partial charge < -0.3 is 20.5 Å². The SMILES string of the molecule is Cl.NCCCCNC(=O)CCS(=O)c1ccc2c(c1)OCCO2. The van der Waals surface area contributed by atoms with Crippen LogP contribution >= 0.6 is 12.4 Å². The number of unbranched alkanes of at least 4 members (excludes halogenated alkanes) is 1. The molecule has 0 radical (unpaired) electrons. The molecule has 3 N–H and O–H groups in total. The zero-order valence-electron chi connectivity index (χ0n) is 12.9. The Hall–Kier alpha value is -1.31. The van der Waals surface area contributed by atoms with Crippen molar-refractivity contribution in [3.05, 3.63) is 18.2 Å². The second-order valence-corrected chi connectivity index (χ2v) is 6.52. The van der Waals surface area contributed by atoms with E-state index in [1.54, 1.807) is 18.2 Å². The summed E-state index contributed by atoms with van der Waals surface area (Å²) in [6.45, 7) is 2.27. The monoisotopic (exact) mass is 362 g/mol. The highest BCUT2D eigenvalue weighted by atomic mass is 35.5. The molecule has 0 spiro atoms. The van der Waals surface area contributed by atoms with Gasteiger partial charge in [0, 0.05) is 29.7 Å². The van der Waals surface area contributed by atoms with E-state index < -0.39 is 10.8 Å². The Morgan fingerprint density at radius 2 is 1.96 bits per heavy atom. The van der Waals surface area contributed by atoms with E-state index in [0.717, 1.165) is 12.8 Å². The van der Waals surface area contributed by atoms with Crippen LogP contribution in [-0.4, -0.2) is 42.2 Å². The molecule has 1 aromatic carbocycles. The number of hydrogen-bond donors (Lipinski definition) is 2. The summed E-state index contributed by atoms with van der Waals surface area (Å²) in [5, 5.41) is 2.80. The van der Waals surface area contributed by atoms with Gasteiger partial charge in [-0.1, -0.05) is 0 Å². The third kappa shape index (κ3) is 6.37. The van der Waals surface area contributed by atoms with Gasteiger partial charge in [0.2, 0.25) is 5.91 Å². The minimum atomic E-state index is -1.23. The molecule has 0 aromatic heterocycles. The predicted molar refractivity (Wildman–Crippen MR) is 91.9 cm³/mol. The average Bonchev–Trinajstić information content (AvgIpc) is 2.56. The van der Waals surface area contributed by atoms with Gasteiger partial charge in [-0.2, -0.15) is 0 Å². The normalized spacial score (nSPS) is 13.8. The van der Waals surface area contributed by atoms with Crippen LogP contribution in [0.3, 0.4) is 0 Å². The molecule has 0 aliphatic carbocycles. The number of nitrogens with two attached hydrogens (primary N) is 1. The van der Waals surface area contributed by atoms with E-state index >= 15 is 0 Å². The molecule has 1 heterocycles. The molecule has 0 bridgehead atoms. The van der Waals surface area contributed by atoms with Crippen LogP contribution in [0, 0.1) is 0 Å². The van der Waals surface area contributed by atoms with Crippen molar-refractivity contribution in [3.8, 4) is 11.5 Å². The molecule has 1 atom stereocenters. The van der Waals surface area contributed by atoms with E-state index in [1.807, 2.05) is 0 Å². The summed E-state index contributed by atoms with van der Waals surface area (Å²) in [6.07, 6.45) is 2.00. The van der Waals surface area contributed by atoms with Crippen LogP contribution in [0.2, 0.25) is 0 Å². The van der Waals surface area contributed by atoms with Crippen LogP contribution in [0.15, 0.2) is 23.1 Å². The van der Waals surface area contributed by atoms with Gasteiger partial charge in [-0.3, -0.25) is 9.00 Å². The van der Waals surface area contributed by atoms with Crippen molar-refractivity contribution in [2.45, 2.75) is 24.2 Å². The van der Waals surface area contributed by atoms with Crippen molar-refractivity contribution >= 4 is 29.1 Å². The molecule has 23 heavy (non-hydrogen) atoms. The number of halogens is 1. The Bertz CT molecular complexity index is 542. The van der Waals surface area contributed by atoms with Crippen molar-refractivity contribution in [2.24, 2.45) is 5.73 Å². The van der Waals surface area contributed by atoms with E-state index in [4.69, 9.17) is 15.2 Å². The van der Waals surface area contributed by atoms with Gasteiger partial charge in [0.15, 0.2) is 11.5 Å². The van der Waals surface area contributed by atoms with Gasteiger partial charge >= 0.3 is 0 Å². The number of nitrogens with one attached hydrogen (secondary N) is 1.